The molecule has 1 aliphatic carbocycles. The lowest BCUT2D eigenvalue weighted by Crippen LogP contribution is -2.43. The molecule has 1 saturated carbocycles. The zero-order valence-corrected chi connectivity index (χ0v) is 20.3. The summed E-state index contributed by atoms with van der Waals surface area (Å²) in [4.78, 5) is 28.1. The normalized spacial score (nSPS) is 21.4. The van der Waals surface area contributed by atoms with Gasteiger partial charge in [0, 0.05) is 23.4 Å². The van der Waals surface area contributed by atoms with Crippen molar-refractivity contribution in [3.63, 3.8) is 0 Å². The van der Waals surface area contributed by atoms with Gasteiger partial charge >= 0.3 is 0 Å². The number of alkyl halides is 2. The van der Waals surface area contributed by atoms with Gasteiger partial charge in [-0.15, -0.1) is 0 Å². The van der Waals surface area contributed by atoms with E-state index < -0.39 is 36.8 Å². The van der Waals surface area contributed by atoms with Crippen LogP contribution < -0.4 is 10.2 Å². The number of carbonyl (C=O) groups excluding carboxylic acids is 2. The Morgan fingerprint density at radius 1 is 1.00 bits per heavy atom. The largest absolute Gasteiger partial charge is 0.350 e. The van der Waals surface area contributed by atoms with Crippen LogP contribution in [0.5, 0.6) is 0 Å². The minimum atomic E-state index is -2.70. The monoisotopic (exact) mass is 518 g/mol. The van der Waals surface area contributed by atoms with Gasteiger partial charge in [0.05, 0.1) is 35.4 Å². The average molecular weight is 519 g/mol. The first-order valence-electron chi connectivity index (χ1n) is 12.6. The topological polar surface area (TPSA) is 67.2 Å². The summed E-state index contributed by atoms with van der Waals surface area (Å²) in [5.41, 5.74) is 2.69. The van der Waals surface area contributed by atoms with Crippen LogP contribution in [-0.2, 0) is 9.59 Å². The molecule has 1 N–H and O–H groups in total. The molecule has 2 aliphatic rings. The Bertz CT molecular complexity index is 1490. The van der Waals surface area contributed by atoms with Gasteiger partial charge in [-0.3, -0.25) is 9.59 Å². The molecule has 0 radical (unpaired) electrons. The third kappa shape index (κ3) is 4.42. The predicted octanol–water partition coefficient (Wildman–Crippen LogP) is 5.42. The van der Waals surface area contributed by atoms with Gasteiger partial charge in [0.15, 0.2) is 0 Å². The van der Waals surface area contributed by atoms with Crippen molar-refractivity contribution in [3.8, 4) is 5.69 Å². The van der Waals surface area contributed by atoms with Gasteiger partial charge in [0.1, 0.15) is 5.82 Å². The van der Waals surface area contributed by atoms with Gasteiger partial charge in [0.2, 0.25) is 18.2 Å². The SMILES string of the molecule is O=C(N[C@H]1[C@H](CC(F)F)C(=O)N(c2ccc3c(cnn3-c3ccc(F)cc3)c2)[C@@H]1c1ccccc1)C1CC1. The Balaban J connectivity index is 1.43. The van der Waals surface area contributed by atoms with E-state index in [-0.39, 0.29) is 17.6 Å². The number of amides is 2. The van der Waals surface area contributed by atoms with Crippen LogP contribution in [0.25, 0.3) is 16.6 Å². The molecule has 1 aliphatic heterocycles. The lowest BCUT2D eigenvalue weighted by atomic mass is 9.91. The summed E-state index contributed by atoms with van der Waals surface area (Å²) in [6.07, 6.45) is -0.166. The molecule has 6 nitrogen and oxygen atoms in total. The molecule has 1 saturated heterocycles. The summed E-state index contributed by atoms with van der Waals surface area (Å²) in [6, 6.07) is 19.0. The number of hydrogen-bond donors (Lipinski definition) is 1. The minimum Gasteiger partial charge on any atom is -0.350 e. The van der Waals surface area contributed by atoms with Crippen LogP contribution in [0.3, 0.4) is 0 Å². The molecule has 0 unspecified atom stereocenters. The van der Waals surface area contributed by atoms with Crippen LogP contribution in [-0.4, -0.2) is 34.1 Å². The van der Waals surface area contributed by atoms with Crippen LogP contribution in [0, 0.1) is 17.7 Å². The number of carbonyl (C=O) groups is 2. The lowest BCUT2D eigenvalue weighted by Gasteiger charge is -2.29. The number of halogens is 3. The molecular formula is C29H25F3N4O2. The van der Waals surface area contributed by atoms with E-state index in [0.29, 0.717) is 11.4 Å². The Morgan fingerprint density at radius 3 is 2.39 bits per heavy atom. The van der Waals surface area contributed by atoms with Crippen LogP contribution in [0.1, 0.15) is 30.9 Å². The Hall–Kier alpha value is -4.14. The summed E-state index contributed by atoms with van der Waals surface area (Å²) in [5.74, 6) is -2.20. The predicted molar refractivity (Wildman–Crippen MR) is 136 cm³/mol. The third-order valence-electron chi connectivity index (χ3n) is 7.34. The molecule has 3 aromatic carbocycles. The quantitative estimate of drug-likeness (QED) is 0.355. The molecular weight excluding hydrogens is 493 g/mol. The molecule has 2 amide bonds. The molecule has 38 heavy (non-hydrogen) atoms. The molecule has 0 spiro atoms. The smallest absolute Gasteiger partial charge is 0.239 e. The number of rotatable bonds is 7. The molecule has 9 heteroatoms. The molecule has 2 heterocycles. The molecule has 1 aromatic heterocycles. The van der Waals surface area contributed by atoms with Crippen molar-refractivity contribution in [1.29, 1.82) is 0 Å². The summed E-state index contributed by atoms with van der Waals surface area (Å²) in [6.45, 7) is 0. The van der Waals surface area contributed by atoms with E-state index in [0.717, 1.165) is 29.3 Å². The van der Waals surface area contributed by atoms with E-state index in [9.17, 15) is 22.8 Å². The summed E-state index contributed by atoms with van der Waals surface area (Å²) >= 11 is 0. The van der Waals surface area contributed by atoms with E-state index in [2.05, 4.69) is 10.4 Å². The number of hydrogen-bond acceptors (Lipinski definition) is 3. The van der Waals surface area contributed by atoms with E-state index in [1.807, 2.05) is 30.3 Å². The van der Waals surface area contributed by atoms with Crippen LogP contribution in [0.4, 0.5) is 18.9 Å². The Morgan fingerprint density at radius 2 is 1.71 bits per heavy atom. The van der Waals surface area contributed by atoms with E-state index >= 15 is 0 Å². The van der Waals surface area contributed by atoms with Gasteiger partial charge in [-0.1, -0.05) is 30.3 Å². The second-order valence-corrected chi connectivity index (χ2v) is 9.88. The van der Waals surface area contributed by atoms with Crippen molar-refractivity contribution in [2.45, 2.75) is 37.8 Å². The Labute approximate surface area is 217 Å². The average Bonchev–Trinajstić information content (AvgIpc) is 3.64. The van der Waals surface area contributed by atoms with Crippen LogP contribution >= 0.6 is 0 Å². The number of fused-ring (bicyclic) bond motifs is 1. The van der Waals surface area contributed by atoms with E-state index in [1.165, 1.54) is 17.0 Å². The fourth-order valence-electron chi connectivity index (χ4n) is 5.35. The zero-order chi connectivity index (χ0) is 26.4. The highest BCUT2D eigenvalue weighted by Crippen LogP contribution is 2.43. The van der Waals surface area contributed by atoms with Crippen molar-refractivity contribution >= 4 is 28.4 Å². The van der Waals surface area contributed by atoms with Crippen molar-refractivity contribution in [2.24, 2.45) is 11.8 Å². The van der Waals surface area contributed by atoms with Gasteiger partial charge < -0.3 is 10.2 Å². The molecule has 4 aromatic rings. The Kier molecular flexibility index (Phi) is 6.13. The van der Waals surface area contributed by atoms with Crippen molar-refractivity contribution in [1.82, 2.24) is 15.1 Å². The zero-order valence-electron chi connectivity index (χ0n) is 20.3. The number of anilines is 1. The van der Waals surface area contributed by atoms with Gasteiger partial charge in [0.25, 0.3) is 0 Å². The first-order chi connectivity index (χ1) is 18.4. The standard InChI is InChI=1S/C29H25F3N4O2/c30-20-8-10-21(11-9-20)36-24-13-12-22(14-19(24)16-33-36)35-27(17-4-2-1-3-5-17)26(34-28(37)18-6-7-18)23(29(35)38)15-25(31)32/h1-5,8-14,16,18,23,25-27H,6-7,15H2,(H,34,37)/t23-,26-,27+/m0/s1. The lowest BCUT2D eigenvalue weighted by molar-refractivity contribution is -0.124. The fraction of sp³-hybridized carbons (Fsp3) is 0.276. The third-order valence-corrected chi connectivity index (χ3v) is 7.34. The molecule has 194 valence electrons. The fourth-order valence-corrected chi connectivity index (χ4v) is 5.35. The minimum absolute atomic E-state index is 0.128. The van der Waals surface area contributed by atoms with Gasteiger partial charge in [-0.2, -0.15) is 5.10 Å². The van der Waals surface area contributed by atoms with Crippen molar-refractivity contribution in [3.05, 3.63) is 90.4 Å². The first kappa shape index (κ1) is 24.2. The van der Waals surface area contributed by atoms with Crippen molar-refractivity contribution in [2.75, 3.05) is 4.90 Å². The number of nitrogens with zero attached hydrogens (tertiary/aromatic N) is 3. The first-order valence-corrected chi connectivity index (χ1v) is 12.6. The maximum absolute atomic E-state index is 13.8. The molecule has 6 rings (SSSR count). The van der Waals surface area contributed by atoms with E-state index in [1.54, 1.807) is 41.2 Å². The summed E-state index contributed by atoms with van der Waals surface area (Å²) in [7, 11) is 0. The highest BCUT2D eigenvalue weighted by Gasteiger charge is 2.51. The molecule has 2 fully saturated rings. The maximum Gasteiger partial charge on any atom is 0.239 e. The highest BCUT2D eigenvalue weighted by atomic mass is 19.3. The van der Waals surface area contributed by atoms with Crippen molar-refractivity contribution < 1.29 is 22.8 Å². The van der Waals surface area contributed by atoms with Gasteiger partial charge in [-0.25, -0.2) is 17.9 Å². The number of nitrogens with one attached hydrogen (secondary N) is 1. The second kappa shape index (κ2) is 9.63. The molecule has 0 bridgehead atoms. The van der Waals surface area contributed by atoms with E-state index in [4.69, 9.17) is 0 Å². The number of aromatic nitrogens is 2. The summed E-state index contributed by atoms with van der Waals surface area (Å²) in [5, 5.41) is 8.11. The summed E-state index contributed by atoms with van der Waals surface area (Å²) < 4.78 is 42.4. The second-order valence-electron chi connectivity index (χ2n) is 9.88. The van der Waals surface area contributed by atoms with Crippen LogP contribution in [0.15, 0.2) is 79.0 Å². The van der Waals surface area contributed by atoms with Gasteiger partial charge in [-0.05, 0) is 60.9 Å². The highest BCUT2D eigenvalue weighted by molar-refractivity contribution is 6.01. The maximum atomic E-state index is 13.8. The number of benzene rings is 3. The molecule has 3 atom stereocenters. The van der Waals surface area contributed by atoms with Crippen LogP contribution in [0.2, 0.25) is 0 Å².